The van der Waals surface area contributed by atoms with Gasteiger partial charge in [-0.2, -0.15) is 0 Å². The van der Waals surface area contributed by atoms with Crippen molar-refractivity contribution in [2.75, 3.05) is 33.9 Å². The highest BCUT2D eigenvalue weighted by Gasteiger charge is 2.39. The molecule has 134 valence electrons. The molecule has 0 unspecified atom stereocenters. The number of carbonyl (C=O) groups is 1. The summed E-state index contributed by atoms with van der Waals surface area (Å²) in [7, 11) is 3.28. The molecule has 1 aromatic rings. The summed E-state index contributed by atoms with van der Waals surface area (Å²) in [5, 5.41) is 3.43. The SMILES string of the molecule is COc1cccc(CN2CC3(CCNCC3)CCC2=O)c1OC.Cl. The van der Waals surface area contributed by atoms with E-state index in [0.717, 1.165) is 50.2 Å². The van der Waals surface area contributed by atoms with E-state index in [1.165, 1.54) is 0 Å². The van der Waals surface area contributed by atoms with Crippen LogP contribution in [0, 0.1) is 5.41 Å². The van der Waals surface area contributed by atoms with E-state index in [2.05, 4.69) is 5.32 Å². The summed E-state index contributed by atoms with van der Waals surface area (Å²) >= 11 is 0. The van der Waals surface area contributed by atoms with Crippen LogP contribution in [0.3, 0.4) is 0 Å². The average Bonchev–Trinajstić information content (AvgIpc) is 2.59. The van der Waals surface area contributed by atoms with E-state index in [9.17, 15) is 4.79 Å². The Morgan fingerprint density at radius 3 is 2.58 bits per heavy atom. The maximum absolute atomic E-state index is 12.4. The van der Waals surface area contributed by atoms with Crippen LogP contribution in [0.4, 0.5) is 0 Å². The molecule has 2 fully saturated rings. The maximum Gasteiger partial charge on any atom is 0.222 e. The smallest absolute Gasteiger partial charge is 0.222 e. The number of amides is 1. The molecule has 2 heterocycles. The molecule has 24 heavy (non-hydrogen) atoms. The summed E-state index contributed by atoms with van der Waals surface area (Å²) < 4.78 is 10.9. The Hall–Kier alpha value is -1.46. The number of hydrogen-bond donors (Lipinski definition) is 1. The largest absolute Gasteiger partial charge is 0.493 e. The molecule has 1 spiro atoms. The summed E-state index contributed by atoms with van der Waals surface area (Å²) in [4.78, 5) is 14.4. The minimum absolute atomic E-state index is 0. The lowest BCUT2D eigenvalue weighted by Crippen LogP contribution is -2.50. The summed E-state index contributed by atoms with van der Waals surface area (Å²) in [5.74, 6) is 1.69. The first kappa shape index (κ1) is 18.9. The Balaban J connectivity index is 0.00000208. The quantitative estimate of drug-likeness (QED) is 0.903. The number of carbonyl (C=O) groups excluding carboxylic acids is 1. The predicted molar refractivity (Wildman–Crippen MR) is 96.0 cm³/mol. The summed E-state index contributed by atoms with van der Waals surface area (Å²) in [6.45, 7) is 3.57. The van der Waals surface area contributed by atoms with Gasteiger partial charge in [0.15, 0.2) is 11.5 Å². The minimum atomic E-state index is 0. The molecule has 0 radical (unpaired) electrons. The fourth-order valence-corrected chi connectivity index (χ4v) is 3.90. The van der Waals surface area contributed by atoms with Crippen LogP contribution in [0.25, 0.3) is 0 Å². The zero-order valence-corrected chi connectivity index (χ0v) is 15.3. The van der Waals surface area contributed by atoms with Crippen molar-refractivity contribution in [3.8, 4) is 11.5 Å². The number of methoxy groups -OCH3 is 2. The molecule has 6 heteroatoms. The number of benzene rings is 1. The van der Waals surface area contributed by atoms with Crippen molar-refractivity contribution in [1.82, 2.24) is 10.2 Å². The molecule has 0 bridgehead atoms. The van der Waals surface area contributed by atoms with Gasteiger partial charge in [0.05, 0.1) is 14.2 Å². The van der Waals surface area contributed by atoms with E-state index < -0.39 is 0 Å². The van der Waals surface area contributed by atoms with Crippen molar-refractivity contribution in [3.63, 3.8) is 0 Å². The molecule has 1 N–H and O–H groups in total. The molecule has 5 nitrogen and oxygen atoms in total. The normalized spacial score (nSPS) is 19.8. The number of nitrogens with one attached hydrogen (secondary N) is 1. The second-order valence-electron chi connectivity index (χ2n) is 6.65. The number of halogens is 1. The van der Waals surface area contributed by atoms with Gasteiger partial charge in [-0.25, -0.2) is 0 Å². The van der Waals surface area contributed by atoms with E-state index in [1.54, 1.807) is 14.2 Å². The van der Waals surface area contributed by atoms with E-state index >= 15 is 0 Å². The van der Waals surface area contributed by atoms with E-state index in [0.29, 0.717) is 24.1 Å². The Morgan fingerprint density at radius 1 is 1.17 bits per heavy atom. The van der Waals surface area contributed by atoms with Gasteiger partial charge >= 0.3 is 0 Å². The molecule has 0 aliphatic carbocycles. The zero-order valence-electron chi connectivity index (χ0n) is 14.5. The fraction of sp³-hybridized carbons (Fsp3) is 0.611. The molecule has 0 atom stereocenters. The van der Waals surface area contributed by atoms with Crippen LogP contribution < -0.4 is 14.8 Å². The molecule has 3 rings (SSSR count). The Labute approximate surface area is 150 Å². The van der Waals surface area contributed by atoms with Crippen LogP contribution >= 0.6 is 12.4 Å². The van der Waals surface area contributed by atoms with E-state index in [-0.39, 0.29) is 18.3 Å². The molecule has 2 aliphatic rings. The van der Waals surface area contributed by atoms with Gasteiger partial charge in [0.2, 0.25) is 5.91 Å². The molecule has 0 saturated carbocycles. The number of piperidine rings is 2. The van der Waals surface area contributed by atoms with Crippen molar-refractivity contribution in [1.29, 1.82) is 0 Å². The molecule has 2 saturated heterocycles. The lowest BCUT2D eigenvalue weighted by Gasteiger charge is -2.45. The second-order valence-corrected chi connectivity index (χ2v) is 6.65. The van der Waals surface area contributed by atoms with Crippen LogP contribution in [0.15, 0.2) is 18.2 Å². The summed E-state index contributed by atoms with van der Waals surface area (Å²) in [6.07, 6.45) is 4.00. The molecule has 0 aromatic heterocycles. The van der Waals surface area contributed by atoms with Gasteiger partial charge in [-0.1, -0.05) is 12.1 Å². The first-order valence-corrected chi connectivity index (χ1v) is 8.36. The van der Waals surface area contributed by atoms with Gasteiger partial charge in [0.1, 0.15) is 0 Å². The van der Waals surface area contributed by atoms with Crippen LogP contribution in [0.2, 0.25) is 0 Å². The highest BCUT2D eigenvalue weighted by Crippen LogP contribution is 2.40. The minimum Gasteiger partial charge on any atom is -0.493 e. The Morgan fingerprint density at radius 2 is 1.92 bits per heavy atom. The molecular formula is C18H27ClN2O3. The van der Waals surface area contributed by atoms with Crippen molar-refractivity contribution >= 4 is 18.3 Å². The number of nitrogens with zero attached hydrogens (tertiary/aromatic N) is 1. The predicted octanol–water partition coefficient (Wildman–Crippen LogP) is 2.62. The van der Waals surface area contributed by atoms with Crippen molar-refractivity contribution < 1.29 is 14.3 Å². The number of hydrogen-bond acceptors (Lipinski definition) is 4. The average molecular weight is 355 g/mol. The van der Waals surface area contributed by atoms with Crippen LogP contribution in [0.1, 0.15) is 31.2 Å². The third-order valence-electron chi connectivity index (χ3n) is 5.26. The van der Waals surface area contributed by atoms with Crippen LogP contribution in [-0.4, -0.2) is 44.7 Å². The lowest BCUT2D eigenvalue weighted by molar-refractivity contribution is -0.139. The number of ether oxygens (including phenoxy) is 2. The molecule has 1 amide bonds. The van der Waals surface area contributed by atoms with Gasteiger partial charge in [-0.15, -0.1) is 12.4 Å². The second kappa shape index (κ2) is 8.08. The monoisotopic (exact) mass is 354 g/mol. The topological polar surface area (TPSA) is 50.8 Å². The number of rotatable bonds is 4. The first-order valence-electron chi connectivity index (χ1n) is 8.36. The van der Waals surface area contributed by atoms with Crippen molar-refractivity contribution in [2.45, 2.75) is 32.2 Å². The van der Waals surface area contributed by atoms with Gasteiger partial charge in [0, 0.05) is 25.1 Å². The third kappa shape index (κ3) is 3.78. The molecule has 1 aromatic carbocycles. The van der Waals surface area contributed by atoms with E-state index in [1.807, 2.05) is 23.1 Å². The van der Waals surface area contributed by atoms with Gasteiger partial charge in [-0.05, 0) is 43.8 Å². The van der Waals surface area contributed by atoms with Gasteiger partial charge in [-0.3, -0.25) is 4.79 Å². The van der Waals surface area contributed by atoms with Gasteiger partial charge in [0.25, 0.3) is 0 Å². The first-order chi connectivity index (χ1) is 11.2. The molecule has 2 aliphatic heterocycles. The number of para-hydroxylation sites is 1. The van der Waals surface area contributed by atoms with Crippen molar-refractivity contribution in [2.24, 2.45) is 5.41 Å². The van der Waals surface area contributed by atoms with E-state index in [4.69, 9.17) is 9.47 Å². The maximum atomic E-state index is 12.4. The summed E-state index contributed by atoms with van der Waals surface area (Å²) in [6, 6.07) is 5.85. The standard InChI is InChI=1S/C18H26N2O3.ClH/c1-22-15-5-3-4-14(17(15)23-2)12-20-13-18(7-6-16(20)21)8-10-19-11-9-18;/h3-5,19H,6-13H2,1-2H3;1H. The summed E-state index contributed by atoms with van der Waals surface area (Å²) in [5.41, 5.74) is 1.30. The zero-order chi connectivity index (χ0) is 16.3. The number of likely N-dealkylation sites (tertiary alicyclic amines) is 1. The Bertz CT molecular complexity index is 573. The van der Waals surface area contributed by atoms with Crippen molar-refractivity contribution in [3.05, 3.63) is 23.8 Å². The Kier molecular flexibility index (Phi) is 6.35. The molecular weight excluding hydrogens is 328 g/mol. The lowest BCUT2D eigenvalue weighted by atomic mass is 9.72. The highest BCUT2D eigenvalue weighted by molar-refractivity contribution is 5.85. The highest BCUT2D eigenvalue weighted by atomic mass is 35.5. The fourth-order valence-electron chi connectivity index (χ4n) is 3.90. The van der Waals surface area contributed by atoms with Gasteiger partial charge < -0.3 is 19.7 Å². The third-order valence-corrected chi connectivity index (χ3v) is 5.26. The van der Waals surface area contributed by atoms with Crippen LogP contribution in [0.5, 0.6) is 11.5 Å². The van der Waals surface area contributed by atoms with Crippen LogP contribution in [-0.2, 0) is 11.3 Å².